The van der Waals surface area contributed by atoms with E-state index in [0.29, 0.717) is 18.1 Å². The van der Waals surface area contributed by atoms with E-state index in [0.717, 1.165) is 19.1 Å². The molecule has 2 atom stereocenters. The van der Waals surface area contributed by atoms with E-state index < -0.39 is 0 Å². The lowest BCUT2D eigenvalue weighted by molar-refractivity contribution is -0.00112. The van der Waals surface area contributed by atoms with Crippen molar-refractivity contribution >= 4 is 0 Å². The molecule has 0 N–H and O–H groups in total. The zero-order chi connectivity index (χ0) is 16.8. The van der Waals surface area contributed by atoms with Gasteiger partial charge in [-0.3, -0.25) is 0 Å². The monoisotopic (exact) mass is 330 g/mol. The highest BCUT2D eigenvalue weighted by Crippen LogP contribution is 2.35. The van der Waals surface area contributed by atoms with Crippen LogP contribution < -0.4 is 0 Å². The van der Waals surface area contributed by atoms with Gasteiger partial charge in [-0.2, -0.15) is 0 Å². The lowest BCUT2D eigenvalue weighted by Gasteiger charge is -2.30. The number of hydrogen-bond acceptors (Lipinski definition) is 2. The van der Waals surface area contributed by atoms with Crippen LogP contribution in [0.4, 0.5) is 0 Å². The van der Waals surface area contributed by atoms with Gasteiger partial charge < -0.3 is 9.47 Å². The van der Waals surface area contributed by atoms with Crippen LogP contribution in [-0.2, 0) is 9.47 Å². The number of benzene rings is 1. The van der Waals surface area contributed by atoms with E-state index in [4.69, 9.17) is 9.47 Å². The molecule has 0 aromatic heterocycles. The molecule has 1 aliphatic carbocycles. The molecule has 134 valence electrons. The maximum Gasteiger partial charge on any atom is 0.0575 e. The molecule has 1 aliphatic heterocycles. The van der Waals surface area contributed by atoms with Crippen LogP contribution in [0.25, 0.3) is 0 Å². The Morgan fingerprint density at radius 2 is 1.50 bits per heavy atom. The van der Waals surface area contributed by atoms with E-state index in [1.807, 2.05) is 0 Å². The fourth-order valence-electron chi connectivity index (χ4n) is 4.46. The Morgan fingerprint density at radius 1 is 0.875 bits per heavy atom. The summed E-state index contributed by atoms with van der Waals surface area (Å²) in [7, 11) is 0. The molecule has 1 aromatic rings. The summed E-state index contributed by atoms with van der Waals surface area (Å²) < 4.78 is 11.8. The SMILES string of the molecule is CCCC1CCC(c2ccc(C3CCC(OCC)CC3)cc2)CO1. The Labute approximate surface area is 147 Å². The van der Waals surface area contributed by atoms with Gasteiger partial charge in [0.05, 0.1) is 18.8 Å². The van der Waals surface area contributed by atoms with Gasteiger partial charge in [-0.1, -0.05) is 37.6 Å². The summed E-state index contributed by atoms with van der Waals surface area (Å²) in [5, 5.41) is 0. The molecule has 1 saturated carbocycles. The molecular weight excluding hydrogens is 296 g/mol. The van der Waals surface area contributed by atoms with Crippen molar-refractivity contribution in [3.05, 3.63) is 35.4 Å². The topological polar surface area (TPSA) is 18.5 Å². The van der Waals surface area contributed by atoms with Gasteiger partial charge in [0.1, 0.15) is 0 Å². The molecule has 24 heavy (non-hydrogen) atoms. The summed E-state index contributed by atoms with van der Waals surface area (Å²) in [5.74, 6) is 1.33. The first-order valence-corrected chi connectivity index (χ1v) is 10.1. The van der Waals surface area contributed by atoms with Crippen LogP contribution in [0.5, 0.6) is 0 Å². The minimum Gasteiger partial charge on any atom is -0.379 e. The average Bonchev–Trinajstić information content (AvgIpc) is 2.64. The second kappa shape index (κ2) is 9.01. The van der Waals surface area contributed by atoms with Crippen molar-refractivity contribution < 1.29 is 9.47 Å². The van der Waals surface area contributed by atoms with Crippen LogP contribution in [0, 0.1) is 0 Å². The lowest BCUT2D eigenvalue weighted by atomic mass is 9.81. The van der Waals surface area contributed by atoms with Crippen molar-refractivity contribution in [1.29, 1.82) is 0 Å². The molecule has 0 bridgehead atoms. The zero-order valence-electron chi connectivity index (χ0n) is 15.5. The molecule has 1 saturated heterocycles. The summed E-state index contributed by atoms with van der Waals surface area (Å²) in [6.45, 7) is 6.11. The summed E-state index contributed by atoms with van der Waals surface area (Å²) in [5.41, 5.74) is 2.99. The van der Waals surface area contributed by atoms with Gasteiger partial charge in [0.2, 0.25) is 0 Å². The minimum atomic E-state index is 0.501. The van der Waals surface area contributed by atoms with E-state index in [9.17, 15) is 0 Å². The van der Waals surface area contributed by atoms with Crippen LogP contribution in [0.15, 0.2) is 24.3 Å². The van der Waals surface area contributed by atoms with E-state index in [2.05, 4.69) is 38.1 Å². The third kappa shape index (κ3) is 4.61. The molecule has 0 amide bonds. The highest BCUT2D eigenvalue weighted by Gasteiger charge is 2.24. The van der Waals surface area contributed by atoms with Crippen LogP contribution in [0.2, 0.25) is 0 Å². The summed E-state index contributed by atoms with van der Waals surface area (Å²) in [6.07, 6.45) is 10.9. The third-order valence-electron chi connectivity index (χ3n) is 5.94. The fraction of sp³-hybridized carbons (Fsp3) is 0.727. The molecule has 2 fully saturated rings. The number of rotatable bonds is 6. The Morgan fingerprint density at radius 3 is 2.04 bits per heavy atom. The number of hydrogen-bond donors (Lipinski definition) is 0. The number of ether oxygens (including phenoxy) is 2. The predicted molar refractivity (Wildman–Crippen MR) is 99.7 cm³/mol. The van der Waals surface area contributed by atoms with Crippen molar-refractivity contribution in [3.63, 3.8) is 0 Å². The maximum atomic E-state index is 6.05. The van der Waals surface area contributed by atoms with E-state index in [-0.39, 0.29) is 0 Å². The maximum absolute atomic E-state index is 6.05. The summed E-state index contributed by atoms with van der Waals surface area (Å²) in [4.78, 5) is 0. The highest BCUT2D eigenvalue weighted by atomic mass is 16.5. The van der Waals surface area contributed by atoms with Gasteiger partial charge in [-0.25, -0.2) is 0 Å². The van der Waals surface area contributed by atoms with Crippen molar-refractivity contribution in [2.45, 2.75) is 89.3 Å². The largest absolute Gasteiger partial charge is 0.379 e. The van der Waals surface area contributed by atoms with Gasteiger partial charge in [0, 0.05) is 12.5 Å². The van der Waals surface area contributed by atoms with E-state index >= 15 is 0 Å². The van der Waals surface area contributed by atoms with Gasteiger partial charge >= 0.3 is 0 Å². The van der Waals surface area contributed by atoms with Gasteiger partial charge in [-0.15, -0.1) is 0 Å². The second-order valence-corrected chi connectivity index (χ2v) is 7.61. The predicted octanol–water partition coefficient (Wildman–Crippen LogP) is 5.81. The molecule has 2 heteroatoms. The molecule has 2 nitrogen and oxygen atoms in total. The van der Waals surface area contributed by atoms with Gasteiger partial charge in [0.15, 0.2) is 0 Å². The molecule has 2 aliphatic rings. The van der Waals surface area contributed by atoms with Crippen molar-refractivity contribution in [2.75, 3.05) is 13.2 Å². The lowest BCUT2D eigenvalue weighted by Crippen LogP contribution is -2.24. The molecule has 1 heterocycles. The Bertz CT molecular complexity index is 420. The molecule has 0 spiro atoms. The van der Waals surface area contributed by atoms with Crippen molar-refractivity contribution in [2.24, 2.45) is 0 Å². The van der Waals surface area contributed by atoms with Crippen LogP contribution in [0.1, 0.15) is 88.2 Å². The first-order chi connectivity index (χ1) is 11.8. The van der Waals surface area contributed by atoms with Gasteiger partial charge in [-0.05, 0) is 68.9 Å². The Kier molecular flexibility index (Phi) is 6.74. The standard InChI is InChI=1S/C22H34O2/c1-3-5-21-15-12-20(16-24-21)19-8-6-17(7-9-19)18-10-13-22(14-11-18)23-4-2/h6-9,18,20-22H,3-5,10-16H2,1-2H3. The average molecular weight is 331 g/mol. The smallest absolute Gasteiger partial charge is 0.0575 e. The quantitative estimate of drug-likeness (QED) is 0.655. The molecule has 2 unspecified atom stereocenters. The van der Waals surface area contributed by atoms with Gasteiger partial charge in [0.25, 0.3) is 0 Å². The first kappa shape index (κ1) is 17.9. The fourth-order valence-corrected chi connectivity index (χ4v) is 4.46. The molecule has 1 aromatic carbocycles. The molecule has 0 radical (unpaired) electrons. The van der Waals surface area contributed by atoms with Crippen LogP contribution in [-0.4, -0.2) is 25.4 Å². The third-order valence-corrected chi connectivity index (χ3v) is 5.94. The van der Waals surface area contributed by atoms with Crippen molar-refractivity contribution in [1.82, 2.24) is 0 Å². The van der Waals surface area contributed by atoms with Crippen molar-refractivity contribution in [3.8, 4) is 0 Å². The van der Waals surface area contributed by atoms with Crippen LogP contribution in [0.3, 0.4) is 0 Å². The summed E-state index contributed by atoms with van der Waals surface area (Å²) in [6, 6.07) is 9.47. The highest BCUT2D eigenvalue weighted by molar-refractivity contribution is 5.28. The van der Waals surface area contributed by atoms with E-state index in [1.165, 1.54) is 62.5 Å². The summed E-state index contributed by atoms with van der Waals surface area (Å²) >= 11 is 0. The first-order valence-electron chi connectivity index (χ1n) is 10.1. The Hall–Kier alpha value is -0.860. The second-order valence-electron chi connectivity index (χ2n) is 7.61. The molecular formula is C22H34O2. The minimum absolute atomic E-state index is 0.501. The van der Waals surface area contributed by atoms with E-state index in [1.54, 1.807) is 0 Å². The Balaban J connectivity index is 1.51. The zero-order valence-corrected chi connectivity index (χ0v) is 15.5. The van der Waals surface area contributed by atoms with Crippen LogP contribution >= 0.6 is 0 Å². The molecule has 3 rings (SSSR count). The normalized spacial score (nSPS) is 31.1.